The first-order chi connectivity index (χ1) is 11.8. The minimum Gasteiger partial charge on any atom is -0.493 e. The molecule has 1 saturated heterocycles. The number of aromatic nitrogens is 2. The number of anilines is 1. The first-order valence-electron chi connectivity index (χ1n) is 8.81. The molecule has 2 aliphatic heterocycles. The smallest absolute Gasteiger partial charge is 0.151 e. The monoisotopic (exact) mass is 324 g/mol. The van der Waals surface area contributed by atoms with Crippen LogP contribution in [-0.2, 0) is 13.0 Å². The molecule has 0 saturated carbocycles. The van der Waals surface area contributed by atoms with Gasteiger partial charge in [0.25, 0.3) is 0 Å². The van der Waals surface area contributed by atoms with Gasteiger partial charge in [0, 0.05) is 32.1 Å². The lowest BCUT2D eigenvalue weighted by molar-refractivity contribution is 0.356. The van der Waals surface area contributed by atoms with Crippen molar-refractivity contribution in [2.24, 2.45) is 0 Å². The van der Waals surface area contributed by atoms with Gasteiger partial charge in [-0.15, -0.1) is 5.10 Å². The van der Waals surface area contributed by atoms with Crippen molar-refractivity contribution in [3.63, 3.8) is 0 Å². The summed E-state index contributed by atoms with van der Waals surface area (Å²) in [4.78, 5) is 2.34. The Bertz CT molecular complexity index is 701. The lowest BCUT2D eigenvalue weighted by Crippen LogP contribution is -2.45. The van der Waals surface area contributed by atoms with Gasteiger partial charge in [0.05, 0.1) is 12.3 Å². The van der Waals surface area contributed by atoms with E-state index in [-0.39, 0.29) is 0 Å². The summed E-state index contributed by atoms with van der Waals surface area (Å²) >= 11 is 0. The Morgan fingerprint density at radius 2 is 2.21 bits per heavy atom. The summed E-state index contributed by atoms with van der Waals surface area (Å²) in [5.41, 5.74) is 3.65. The molecule has 0 radical (unpaired) electrons. The molecule has 0 aliphatic carbocycles. The zero-order chi connectivity index (χ0) is 16.4. The molecule has 126 valence electrons. The maximum atomic E-state index is 5.58. The topological polar surface area (TPSA) is 50.3 Å². The number of piperidine rings is 1. The molecule has 0 unspecified atom stereocenters. The van der Waals surface area contributed by atoms with Crippen molar-refractivity contribution in [3.8, 4) is 5.75 Å². The van der Waals surface area contributed by atoms with Gasteiger partial charge in [-0.05, 0) is 49.1 Å². The van der Waals surface area contributed by atoms with Crippen molar-refractivity contribution < 1.29 is 4.74 Å². The minimum atomic E-state index is 0.492. The zero-order valence-electron chi connectivity index (χ0n) is 14.2. The summed E-state index contributed by atoms with van der Waals surface area (Å²) in [5.74, 6) is 2.04. The molecular formula is C19H24N4O. The molecule has 3 heterocycles. The van der Waals surface area contributed by atoms with Gasteiger partial charge in [-0.1, -0.05) is 12.1 Å². The average molecular weight is 324 g/mol. The van der Waals surface area contributed by atoms with Crippen LogP contribution in [0.2, 0.25) is 0 Å². The van der Waals surface area contributed by atoms with E-state index in [9.17, 15) is 0 Å². The van der Waals surface area contributed by atoms with Gasteiger partial charge in [-0.3, -0.25) is 0 Å². The van der Waals surface area contributed by atoms with Gasteiger partial charge in [-0.25, -0.2) is 0 Å². The number of ether oxygens (including phenoxy) is 1. The fourth-order valence-electron chi connectivity index (χ4n) is 3.52. The molecule has 1 aromatic heterocycles. The Labute approximate surface area is 143 Å². The number of hydrogen-bond donors (Lipinski definition) is 1. The fourth-order valence-corrected chi connectivity index (χ4v) is 3.52. The highest BCUT2D eigenvalue weighted by Crippen LogP contribution is 2.26. The molecule has 1 N–H and O–H groups in total. The molecule has 0 bridgehead atoms. The molecule has 1 atom stereocenters. The average Bonchev–Trinajstić information content (AvgIpc) is 3.08. The van der Waals surface area contributed by atoms with E-state index in [1.54, 1.807) is 0 Å². The van der Waals surface area contributed by atoms with Gasteiger partial charge in [0.15, 0.2) is 5.82 Å². The Morgan fingerprint density at radius 1 is 1.25 bits per heavy atom. The van der Waals surface area contributed by atoms with Crippen molar-refractivity contribution in [3.05, 3.63) is 47.2 Å². The van der Waals surface area contributed by atoms with E-state index in [1.165, 1.54) is 24.0 Å². The summed E-state index contributed by atoms with van der Waals surface area (Å²) in [6.45, 7) is 5.75. The number of nitrogens with one attached hydrogen (secondary N) is 1. The summed E-state index contributed by atoms with van der Waals surface area (Å²) in [5, 5.41) is 12.2. The third-order valence-corrected chi connectivity index (χ3v) is 4.88. The van der Waals surface area contributed by atoms with Crippen molar-refractivity contribution in [2.45, 2.75) is 38.8 Å². The van der Waals surface area contributed by atoms with Crippen LogP contribution in [0, 0.1) is 6.92 Å². The summed E-state index contributed by atoms with van der Waals surface area (Å²) < 4.78 is 5.58. The number of aryl methyl sites for hydroxylation is 1. The molecule has 0 spiro atoms. The zero-order valence-corrected chi connectivity index (χ0v) is 14.2. The number of nitrogens with zero attached hydrogens (tertiary/aromatic N) is 3. The lowest BCUT2D eigenvalue weighted by Gasteiger charge is -2.33. The molecule has 24 heavy (non-hydrogen) atoms. The summed E-state index contributed by atoms with van der Waals surface area (Å²) in [6.07, 6.45) is 3.43. The standard InChI is InChI=1S/C19H24N4O/c1-14-4-7-19(22-21-14)23-9-2-3-17(13-23)20-12-15-5-6-18-16(11-15)8-10-24-18/h4-7,11,17,20H,2-3,8-10,12-13H2,1H3/t17-/m1/s1. The quantitative estimate of drug-likeness (QED) is 0.936. The Hall–Kier alpha value is -2.14. The number of hydrogen-bond acceptors (Lipinski definition) is 5. The number of rotatable bonds is 4. The predicted molar refractivity (Wildman–Crippen MR) is 94.5 cm³/mol. The maximum absolute atomic E-state index is 5.58. The number of benzene rings is 1. The lowest BCUT2D eigenvalue weighted by atomic mass is 10.0. The van der Waals surface area contributed by atoms with E-state index < -0.39 is 0 Å². The van der Waals surface area contributed by atoms with E-state index in [1.807, 2.05) is 13.0 Å². The van der Waals surface area contributed by atoms with Crippen LogP contribution in [-0.4, -0.2) is 35.9 Å². The predicted octanol–water partition coefficient (Wildman–Crippen LogP) is 2.48. The highest BCUT2D eigenvalue weighted by molar-refractivity contribution is 5.40. The van der Waals surface area contributed by atoms with Gasteiger partial charge in [0.2, 0.25) is 0 Å². The highest BCUT2D eigenvalue weighted by Gasteiger charge is 2.21. The van der Waals surface area contributed by atoms with Crippen LogP contribution < -0.4 is 15.0 Å². The molecule has 1 fully saturated rings. The second kappa shape index (κ2) is 6.77. The van der Waals surface area contributed by atoms with Crippen LogP contribution in [0.5, 0.6) is 5.75 Å². The minimum absolute atomic E-state index is 0.492. The Morgan fingerprint density at radius 3 is 3.08 bits per heavy atom. The third kappa shape index (κ3) is 3.36. The van der Waals surface area contributed by atoms with Crippen LogP contribution in [0.3, 0.4) is 0 Å². The second-order valence-electron chi connectivity index (χ2n) is 6.74. The molecule has 5 heteroatoms. The van der Waals surface area contributed by atoms with Crippen molar-refractivity contribution in [2.75, 3.05) is 24.6 Å². The van der Waals surface area contributed by atoms with E-state index in [0.29, 0.717) is 6.04 Å². The molecular weight excluding hydrogens is 300 g/mol. The highest BCUT2D eigenvalue weighted by atomic mass is 16.5. The molecule has 2 aromatic rings. The van der Waals surface area contributed by atoms with Crippen LogP contribution in [0.1, 0.15) is 29.7 Å². The normalized spacial score (nSPS) is 19.9. The Balaban J connectivity index is 1.35. The van der Waals surface area contributed by atoms with Crippen LogP contribution >= 0.6 is 0 Å². The largest absolute Gasteiger partial charge is 0.493 e. The maximum Gasteiger partial charge on any atom is 0.151 e. The molecule has 2 aliphatic rings. The van der Waals surface area contributed by atoms with Crippen molar-refractivity contribution >= 4 is 5.82 Å². The first-order valence-corrected chi connectivity index (χ1v) is 8.81. The second-order valence-corrected chi connectivity index (χ2v) is 6.74. The molecule has 0 amide bonds. The number of fused-ring (bicyclic) bond motifs is 1. The van der Waals surface area contributed by atoms with E-state index in [0.717, 1.165) is 49.9 Å². The molecule has 5 nitrogen and oxygen atoms in total. The first kappa shape index (κ1) is 15.4. The third-order valence-electron chi connectivity index (χ3n) is 4.88. The van der Waals surface area contributed by atoms with Crippen LogP contribution in [0.25, 0.3) is 0 Å². The van der Waals surface area contributed by atoms with Crippen molar-refractivity contribution in [1.82, 2.24) is 15.5 Å². The fraction of sp³-hybridized carbons (Fsp3) is 0.474. The van der Waals surface area contributed by atoms with Gasteiger partial charge in [0.1, 0.15) is 5.75 Å². The van der Waals surface area contributed by atoms with Crippen LogP contribution in [0.4, 0.5) is 5.82 Å². The van der Waals surface area contributed by atoms with Gasteiger partial charge >= 0.3 is 0 Å². The van der Waals surface area contributed by atoms with Crippen LogP contribution in [0.15, 0.2) is 30.3 Å². The van der Waals surface area contributed by atoms with E-state index in [2.05, 4.69) is 44.7 Å². The van der Waals surface area contributed by atoms with Gasteiger partial charge < -0.3 is 15.0 Å². The Kier molecular flexibility index (Phi) is 4.34. The molecule has 4 rings (SSSR count). The summed E-state index contributed by atoms with van der Waals surface area (Å²) in [6, 6.07) is 11.2. The molecule has 1 aromatic carbocycles. The van der Waals surface area contributed by atoms with E-state index >= 15 is 0 Å². The summed E-state index contributed by atoms with van der Waals surface area (Å²) in [7, 11) is 0. The van der Waals surface area contributed by atoms with E-state index in [4.69, 9.17) is 4.74 Å². The van der Waals surface area contributed by atoms with Crippen molar-refractivity contribution in [1.29, 1.82) is 0 Å². The van der Waals surface area contributed by atoms with Gasteiger partial charge in [-0.2, -0.15) is 5.10 Å². The SMILES string of the molecule is Cc1ccc(N2CCC[C@@H](NCc3ccc4c(c3)CCO4)C2)nn1.